The maximum Gasteiger partial charge on any atom is 0.254 e. The average Bonchev–Trinajstić information content (AvgIpc) is 2.81. The van der Waals surface area contributed by atoms with E-state index in [2.05, 4.69) is 11.8 Å². The smallest absolute Gasteiger partial charge is 0.254 e. The molecule has 2 saturated heterocycles. The van der Waals surface area contributed by atoms with Crippen molar-refractivity contribution in [3.05, 3.63) is 58.1 Å². The summed E-state index contributed by atoms with van der Waals surface area (Å²) < 4.78 is 27.7. The third-order valence-corrected chi connectivity index (χ3v) is 8.60. The Hall–Kier alpha value is -2.09. The molecule has 2 aromatic rings. The minimum Gasteiger partial charge on any atom is -0.368 e. The molecule has 32 heavy (non-hydrogen) atoms. The SMILES string of the molecule is Cc1ccc(S(=O)(=O)N2CCCCC2)cc1C(=O)N1CCN(c2cc(Cl)ccc2C)CC1. The molecule has 2 aromatic carbocycles. The Balaban J connectivity index is 1.50. The number of piperidine rings is 1. The van der Waals surface area contributed by atoms with Crippen molar-refractivity contribution >= 4 is 33.2 Å². The number of hydrogen-bond acceptors (Lipinski definition) is 4. The van der Waals surface area contributed by atoms with Crippen molar-refractivity contribution in [1.29, 1.82) is 0 Å². The summed E-state index contributed by atoms with van der Waals surface area (Å²) in [6.45, 7) is 7.57. The summed E-state index contributed by atoms with van der Waals surface area (Å²) in [4.78, 5) is 17.6. The normalized spacial score (nSPS) is 18.1. The maximum atomic E-state index is 13.3. The summed E-state index contributed by atoms with van der Waals surface area (Å²) in [6.07, 6.45) is 2.82. The van der Waals surface area contributed by atoms with Gasteiger partial charge in [0.2, 0.25) is 10.0 Å². The average molecular weight is 476 g/mol. The van der Waals surface area contributed by atoms with E-state index in [0.29, 0.717) is 49.9 Å². The van der Waals surface area contributed by atoms with E-state index in [4.69, 9.17) is 11.6 Å². The number of halogens is 1. The van der Waals surface area contributed by atoms with Crippen LogP contribution in [0.3, 0.4) is 0 Å². The molecule has 0 aliphatic carbocycles. The van der Waals surface area contributed by atoms with Gasteiger partial charge < -0.3 is 9.80 Å². The second kappa shape index (κ2) is 9.41. The fourth-order valence-electron chi connectivity index (χ4n) is 4.49. The van der Waals surface area contributed by atoms with E-state index in [1.807, 2.05) is 30.0 Å². The lowest BCUT2D eigenvalue weighted by Gasteiger charge is -2.37. The van der Waals surface area contributed by atoms with Crippen LogP contribution in [0.25, 0.3) is 0 Å². The number of hydrogen-bond donors (Lipinski definition) is 0. The fraction of sp³-hybridized carbons (Fsp3) is 0.458. The van der Waals surface area contributed by atoms with Crippen molar-refractivity contribution in [3.63, 3.8) is 0 Å². The summed E-state index contributed by atoms with van der Waals surface area (Å²) in [5, 5.41) is 0.700. The third kappa shape index (κ3) is 4.65. The zero-order valence-corrected chi connectivity index (χ0v) is 20.3. The molecule has 8 heteroatoms. The van der Waals surface area contributed by atoms with Crippen LogP contribution in [0.5, 0.6) is 0 Å². The summed E-state index contributed by atoms with van der Waals surface area (Å²) in [7, 11) is -3.58. The molecule has 0 unspecified atom stereocenters. The Kier molecular flexibility index (Phi) is 6.79. The second-order valence-electron chi connectivity index (χ2n) is 8.65. The lowest BCUT2D eigenvalue weighted by Crippen LogP contribution is -2.49. The number of rotatable bonds is 4. The van der Waals surface area contributed by atoms with Gasteiger partial charge in [0, 0.05) is 55.5 Å². The van der Waals surface area contributed by atoms with E-state index in [1.54, 1.807) is 22.5 Å². The predicted octanol–water partition coefficient (Wildman–Crippen LogP) is 4.09. The molecule has 0 spiro atoms. The van der Waals surface area contributed by atoms with E-state index in [0.717, 1.165) is 36.1 Å². The summed E-state index contributed by atoms with van der Waals surface area (Å²) in [5.74, 6) is -0.110. The molecule has 0 N–H and O–H groups in total. The monoisotopic (exact) mass is 475 g/mol. The van der Waals surface area contributed by atoms with E-state index in [9.17, 15) is 13.2 Å². The molecule has 0 radical (unpaired) electrons. The van der Waals surface area contributed by atoms with Gasteiger partial charge in [0.05, 0.1) is 4.90 Å². The molecular formula is C24H30ClN3O3S. The van der Waals surface area contributed by atoms with E-state index in [-0.39, 0.29) is 10.8 Å². The summed E-state index contributed by atoms with van der Waals surface area (Å²) >= 11 is 6.18. The highest BCUT2D eigenvalue weighted by Crippen LogP contribution is 2.27. The molecule has 172 valence electrons. The number of carbonyl (C=O) groups excluding carboxylic acids is 1. The van der Waals surface area contributed by atoms with Gasteiger partial charge in [-0.1, -0.05) is 30.2 Å². The van der Waals surface area contributed by atoms with Gasteiger partial charge >= 0.3 is 0 Å². The molecule has 2 heterocycles. The van der Waals surface area contributed by atoms with Gasteiger partial charge in [0.1, 0.15) is 0 Å². The standard InChI is InChI=1S/C24H30ClN3O3S/c1-18-7-9-21(32(30,31)28-10-4-3-5-11-28)17-22(18)24(29)27-14-12-26(13-15-27)23-16-20(25)8-6-19(23)2/h6-9,16-17H,3-5,10-15H2,1-2H3. The lowest BCUT2D eigenvalue weighted by atomic mass is 10.1. The fourth-order valence-corrected chi connectivity index (χ4v) is 6.20. The van der Waals surface area contributed by atoms with Gasteiger partial charge in [-0.05, 0) is 62.1 Å². The molecule has 0 atom stereocenters. The number of aryl methyl sites for hydroxylation is 2. The number of piperazine rings is 1. The van der Waals surface area contributed by atoms with Gasteiger partial charge in [0.15, 0.2) is 0 Å². The zero-order chi connectivity index (χ0) is 22.9. The highest BCUT2D eigenvalue weighted by atomic mass is 35.5. The molecule has 2 aliphatic rings. The van der Waals surface area contributed by atoms with Crippen molar-refractivity contribution in [2.24, 2.45) is 0 Å². The molecule has 4 rings (SSSR count). The van der Waals surface area contributed by atoms with Crippen LogP contribution in [0.1, 0.15) is 40.7 Å². The number of amides is 1. The summed E-state index contributed by atoms with van der Waals surface area (Å²) in [5.41, 5.74) is 3.51. The van der Waals surface area contributed by atoms with Crippen molar-refractivity contribution in [3.8, 4) is 0 Å². The molecular weight excluding hydrogens is 446 g/mol. The van der Waals surface area contributed by atoms with Crippen LogP contribution in [0.2, 0.25) is 5.02 Å². The Morgan fingerprint density at radius 3 is 2.19 bits per heavy atom. The molecule has 0 aromatic heterocycles. The first-order valence-corrected chi connectivity index (χ1v) is 13.0. The van der Waals surface area contributed by atoms with E-state index in [1.165, 1.54) is 0 Å². The van der Waals surface area contributed by atoms with Crippen molar-refractivity contribution in [1.82, 2.24) is 9.21 Å². The number of anilines is 1. The van der Waals surface area contributed by atoms with E-state index < -0.39 is 10.0 Å². The molecule has 2 aliphatic heterocycles. The molecule has 0 saturated carbocycles. The van der Waals surface area contributed by atoms with Crippen LogP contribution in [-0.4, -0.2) is 62.8 Å². The van der Waals surface area contributed by atoms with Gasteiger partial charge in [-0.15, -0.1) is 0 Å². The molecule has 0 bridgehead atoms. The first-order valence-electron chi connectivity index (χ1n) is 11.2. The van der Waals surface area contributed by atoms with Crippen molar-refractivity contribution in [2.45, 2.75) is 38.0 Å². The minimum atomic E-state index is -3.58. The Labute approximate surface area is 195 Å². The van der Waals surface area contributed by atoms with Crippen LogP contribution >= 0.6 is 11.6 Å². The van der Waals surface area contributed by atoms with Gasteiger partial charge in [0.25, 0.3) is 5.91 Å². The quantitative estimate of drug-likeness (QED) is 0.668. The second-order valence-corrected chi connectivity index (χ2v) is 11.0. The first kappa shape index (κ1) is 23.1. The highest BCUT2D eigenvalue weighted by molar-refractivity contribution is 7.89. The number of sulfonamides is 1. The largest absolute Gasteiger partial charge is 0.368 e. The highest BCUT2D eigenvalue weighted by Gasteiger charge is 2.29. The van der Waals surface area contributed by atoms with Crippen molar-refractivity contribution < 1.29 is 13.2 Å². The molecule has 2 fully saturated rings. The Bertz CT molecular complexity index is 1110. The van der Waals surface area contributed by atoms with Gasteiger partial charge in [-0.25, -0.2) is 8.42 Å². The Morgan fingerprint density at radius 1 is 0.844 bits per heavy atom. The molecule has 1 amide bonds. The van der Waals surface area contributed by atoms with E-state index >= 15 is 0 Å². The zero-order valence-electron chi connectivity index (χ0n) is 18.7. The number of benzene rings is 2. The van der Waals surface area contributed by atoms with Crippen LogP contribution in [0, 0.1) is 13.8 Å². The van der Waals surface area contributed by atoms with Gasteiger partial charge in [-0.2, -0.15) is 4.31 Å². The lowest BCUT2D eigenvalue weighted by molar-refractivity contribution is 0.0746. The number of carbonyl (C=O) groups is 1. The molecule has 6 nitrogen and oxygen atoms in total. The van der Waals surface area contributed by atoms with Gasteiger partial charge in [-0.3, -0.25) is 4.79 Å². The van der Waals surface area contributed by atoms with Crippen LogP contribution in [-0.2, 0) is 10.0 Å². The van der Waals surface area contributed by atoms with Crippen LogP contribution in [0.4, 0.5) is 5.69 Å². The minimum absolute atomic E-state index is 0.110. The topological polar surface area (TPSA) is 60.9 Å². The van der Waals surface area contributed by atoms with Crippen LogP contribution in [0.15, 0.2) is 41.3 Å². The summed E-state index contributed by atoms with van der Waals surface area (Å²) in [6, 6.07) is 10.8. The first-order chi connectivity index (χ1) is 15.3. The van der Waals surface area contributed by atoms with Crippen molar-refractivity contribution in [2.75, 3.05) is 44.2 Å². The Morgan fingerprint density at radius 2 is 1.50 bits per heavy atom. The van der Waals surface area contributed by atoms with Crippen LogP contribution < -0.4 is 4.90 Å². The maximum absolute atomic E-state index is 13.3. The predicted molar refractivity (Wildman–Crippen MR) is 128 cm³/mol. The third-order valence-electron chi connectivity index (χ3n) is 6.47. The number of nitrogens with zero attached hydrogens (tertiary/aromatic N) is 3.